The molecule has 0 radical (unpaired) electrons. The van der Waals surface area contributed by atoms with Gasteiger partial charge in [-0.1, -0.05) is 24.2 Å². The summed E-state index contributed by atoms with van der Waals surface area (Å²) >= 11 is 0. The van der Waals surface area contributed by atoms with Gasteiger partial charge in [0.1, 0.15) is 0 Å². The van der Waals surface area contributed by atoms with Crippen molar-refractivity contribution in [3.63, 3.8) is 0 Å². The summed E-state index contributed by atoms with van der Waals surface area (Å²) in [6, 6.07) is 8.31. The van der Waals surface area contributed by atoms with Gasteiger partial charge in [0.05, 0.1) is 17.1 Å². The van der Waals surface area contributed by atoms with E-state index in [9.17, 15) is 0 Å². The Morgan fingerprint density at radius 1 is 1.16 bits per heavy atom. The SMILES string of the molecule is CCc1noc([C@H](C)N2CCCN(c3nc4ccccc4[nH]3)CC2)n1. The van der Waals surface area contributed by atoms with E-state index in [0.717, 1.165) is 61.8 Å². The summed E-state index contributed by atoms with van der Waals surface area (Å²) in [4.78, 5) is 17.4. The van der Waals surface area contributed by atoms with Gasteiger partial charge in [-0.25, -0.2) is 4.98 Å². The lowest BCUT2D eigenvalue weighted by Crippen LogP contribution is -2.33. The fourth-order valence-electron chi connectivity index (χ4n) is 3.36. The standard InChI is InChI=1S/C18H24N6O/c1-3-16-21-17(25-22-16)13(2)23-9-6-10-24(12-11-23)18-19-14-7-4-5-8-15(14)20-18/h4-5,7-8,13H,3,6,9-12H2,1-2H3,(H,19,20)/t13-/m0/s1. The fraction of sp³-hybridized carbons (Fsp3) is 0.500. The van der Waals surface area contributed by atoms with Gasteiger partial charge in [0.2, 0.25) is 11.8 Å². The van der Waals surface area contributed by atoms with Crippen LogP contribution in [0, 0.1) is 0 Å². The number of nitrogens with zero attached hydrogens (tertiary/aromatic N) is 5. The Hall–Kier alpha value is -2.41. The topological polar surface area (TPSA) is 74.1 Å². The molecule has 4 rings (SSSR count). The van der Waals surface area contributed by atoms with Crippen molar-refractivity contribution >= 4 is 17.0 Å². The van der Waals surface area contributed by atoms with Gasteiger partial charge in [0.15, 0.2) is 5.82 Å². The molecule has 25 heavy (non-hydrogen) atoms. The molecular formula is C18H24N6O. The molecule has 7 heteroatoms. The predicted molar refractivity (Wildman–Crippen MR) is 96.6 cm³/mol. The molecule has 132 valence electrons. The third kappa shape index (κ3) is 3.24. The van der Waals surface area contributed by atoms with Crippen LogP contribution in [-0.4, -0.2) is 51.2 Å². The summed E-state index contributed by atoms with van der Waals surface area (Å²) in [5, 5.41) is 4.02. The van der Waals surface area contributed by atoms with Crippen molar-refractivity contribution in [2.45, 2.75) is 32.7 Å². The Kier molecular flexibility index (Phi) is 4.40. The number of imidazole rings is 1. The minimum absolute atomic E-state index is 0.142. The second-order valence-electron chi connectivity index (χ2n) is 6.53. The Balaban J connectivity index is 1.46. The lowest BCUT2D eigenvalue weighted by Gasteiger charge is -2.25. The lowest BCUT2D eigenvalue weighted by atomic mass is 10.2. The van der Waals surface area contributed by atoms with Crippen LogP contribution in [0.2, 0.25) is 0 Å². The first-order valence-electron chi connectivity index (χ1n) is 9.01. The number of nitrogens with one attached hydrogen (secondary N) is 1. The van der Waals surface area contributed by atoms with Gasteiger partial charge in [-0.15, -0.1) is 0 Å². The number of rotatable bonds is 4. The summed E-state index contributed by atoms with van der Waals surface area (Å²) in [7, 11) is 0. The summed E-state index contributed by atoms with van der Waals surface area (Å²) in [5.41, 5.74) is 2.11. The highest BCUT2D eigenvalue weighted by atomic mass is 16.5. The van der Waals surface area contributed by atoms with Gasteiger partial charge in [-0.05, 0) is 25.5 Å². The highest BCUT2D eigenvalue weighted by Crippen LogP contribution is 2.23. The van der Waals surface area contributed by atoms with Crippen LogP contribution < -0.4 is 4.90 Å². The van der Waals surface area contributed by atoms with Gasteiger partial charge in [0, 0.05) is 32.6 Å². The third-order valence-electron chi connectivity index (χ3n) is 4.91. The van der Waals surface area contributed by atoms with Gasteiger partial charge in [0.25, 0.3) is 0 Å². The first kappa shape index (κ1) is 16.1. The van der Waals surface area contributed by atoms with E-state index in [1.54, 1.807) is 0 Å². The molecule has 0 amide bonds. The Bertz CT molecular complexity index is 808. The smallest absolute Gasteiger partial charge is 0.243 e. The molecule has 0 saturated carbocycles. The van der Waals surface area contributed by atoms with Crippen molar-refractivity contribution in [2.75, 3.05) is 31.1 Å². The summed E-state index contributed by atoms with van der Waals surface area (Å²) in [5.74, 6) is 2.45. The van der Waals surface area contributed by atoms with E-state index in [1.165, 1.54) is 0 Å². The van der Waals surface area contributed by atoms with Crippen LogP contribution in [-0.2, 0) is 6.42 Å². The number of H-pyrrole nitrogens is 1. The quantitative estimate of drug-likeness (QED) is 0.787. The number of anilines is 1. The van der Waals surface area contributed by atoms with E-state index in [2.05, 4.69) is 37.9 Å². The molecule has 1 aliphatic heterocycles. The van der Waals surface area contributed by atoms with Crippen LogP contribution in [0.4, 0.5) is 5.95 Å². The van der Waals surface area contributed by atoms with Gasteiger partial charge in [-0.2, -0.15) is 4.98 Å². The van der Waals surface area contributed by atoms with Crippen LogP contribution >= 0.6 is 0 Å². The second kappa shape index (κ2) is 6.84. The number of aryl methyl sites for hydroxylation is 1. The highest BCUT2D eigenvalue weighted by molar-refractivity contribution is 5.77. The maximum absolute atomic E-state index is 5.43. The Labute approximate surface area is 147 Å². The molecule has 0 unspecified atom stereocenters. The number of hydrogen-bond donors (Lipinski definition) is 1. The monoisotopic (exact) mass is 340 g/mol. The first-order chi connectivity index (χ1) is 12.2. The van der Waals surface area contributed by atoms with Gasteiger partial charge < -0.3 is 14.4 Å². The molecular weight excluding hydrogens is 316 g/mol. The molecule has 7 nitrogen and oxygen atoms in total. The van der Waals surface area contributed by atoms with E-state index in [4.69, 9.17) is 9.51 Å². The van der Waals surface area contributed by atoms with E-state index in [0.29, 0.717) is 5.89 Å². The molecule has 3 aromatic rings. The fourth-order valence-corrected chi connectivity index (χ4v) is 3.36. The molecule has 1 aromatic carbocycles. The predicted octanol–water partition coefficient (Wildman–Crippen LogP) is 2.78. The third-order valence-corrected chi connectivity index (χ3v) is 4.91. The summed E-state index contributed by atoms with van der Waals surface area (Å²) in [6.07, 6.45) is 1.88. The average Bonchev–Trinajstić information content (AvgIpc) is 3.22. The van der Waals surface area contributed by atoms with E-state index >= 15 is 0 Å². The molecule has 1 atom stereocenters. The molecule has 3 heterocycles. The molecule has 1 saturated heterocycles. The number of para-hydroxylation sites is 2. The zero-order valence-corrected chi connectivity index (χ0v) is 14.8. The molecule has 0 spiro atoms. The van der Waals surface area contributed by atoms with Crippen molar-refractivity contribution < 1.29 is 4.52 Å². The van der Waals surface area contributed by atoms with Crippen molar-refractivity contribution in [1.29, 1.82) is 0 Å². The lowest BCUT2D eigenvalue weighted by molar-refractivity contribution is 0.184. The largest absolute Gasteiger partial charge is 0.341 e. The van der Waals surface area contributed by atoms with Crippen LogP contribution in [0.3, 0.4) is 0 Å². The van der Waals surface area contributed by atoms with Crippen LogP contribution in [0.25, 0.3) is 11.0 Å². The van der Waals surface area contributed by atoms with E-state index < -0.39 is 0 Å². The summed E-state index contributed by atoms with van der Waals surface area (Å²) in [6.45, 7) is 8.07. The Morgan fingerprint density at radius 2 is 2.04 bits per heavy atom. The van der Waals surface area contributed by atoms with Crippen LogP contribution in [0.15, 0.2) is 28.8 Å². The van der Waals surface area contributed by atoms with Crippen molar-refractivity contribution in [3.8, 4) is 0 Å². The van der Waals surface area contributed by atoms with Gasteiger partial charge in [-0.3, -0.25) is 4.90 Å². The van der Waals surface area contributed by atoms with Crippen molar-refractivity contribution in [3.05, 3.63) is 36.0 Å². The molecule has 2 aromatic heterocycles. The normalized spacial score (nSPS) is 17.8. The zero-order valence-electron chi connectivity index (χ0n) is 14.8. The van der Waals surface area contributed by atoms with E-state index in [-0.39, 0.29) is 6.04 Å². The van der Waals surface area contributed by atoms with Crippen molar-refractivity contribution in [2.24, 2.45) is 0 Å². The minimum atomic E-state index is 0.142. The Morgan fingerprint density at radius 3 is 2.84 bits per heavy atom. The zero-order chi connectivity index (χ0) is 17.2. The molecule has 0 aliphatic carbocycles. The summed E-state index contributed by atoms with van der Waals surface area (Å²) < 4.78 is 5.43. The van der Waals surface area contributed by atoms with Crippen molar-refractivity contribution in [1.82, 2.24) is 25.0 Å². The van der Waals surface area contributed by atoms with Crippen LogP contribution in [0.1, 0.15) is 38.0 Å². The van der Waals surface area contributed by atoms with Crippen LogP contribution in [0.5, 0.6) is 0 Å². The maximum atomic E-state index is 5.43. The number of aromatic nitrogens is 4. The maximum Gasteiger partial charge on any atom is 0.243 e. The first-order valence-corrected chi connectivity index (χ1v) is 9.01. The molecule has 1 fully saturated rings. The molecule has 1 N–H and O–H groups in total. The number of hydrogen-bond acceptors (Lipinski definition) is 6. The average molecular weight is 340 g/mol. The minimum Gasteiger partial charge on any atom is -0.341 e. The molecule has 1 aliphatic rings. The highest BCUT2D eigenvalue weighted by Gasteiger charge is 2.25. The van der Waals surface area contributed by atoms with Gasteiger partial charge >= 0.3 is 0 Å². The molecule has 0 bridgehead atoms. The number of fused-ring (bicyclic) bond motifs is 1. The second-order valence-corrected chi connectivity index (χ2v) is 6.53. The van der Waals surface area contributed by atoms with E-state index in [1.807, 2.05) is 25.1 Å². The number of benzene rings is 1. The number of aromatic amines is 1.